The Bertz CT molecular complexity index is 855. The van der Waals surface area contributed by atoms with Gasteiger partial charge in [-0.3, -0.25) is 0 Å². The molecule has 1 heterocycles. The van der Waals surface area contributed by atoms with Crippen LogP contribution in [0.1, 0.15) is 31.3 Å². The molecule has 3 aromatic rings. The lowest BCUT2D eigenvalue weighted by Crippen LogP contribution is -2.49. The number of thiazole rings is 1. The summed E-state index contributed by atoms with van der Waals surface area (Å²) in [5.74, 6) is 0. The Balaban J connectivity index is 1.65. The van der Waals surface area contributed by atoms with Gasteiger partial charge in [-0.2, -0.15) is 0 Å². The van der Waals surface area contributed by atoms with Gasteiger partial charge in [0.25, 0.3) is 0 Å². The fourth-order valence-corrected chi connectivity index (χ4v) is 3.88. The molecule has 1 unspecified atom stereocenters. The second kappa shape index (κ2) is 7.46. The Kier molecular flexibility index (Phi) is 5.28. The lowest BCUT2D eigenvalue weighted by atomic mass is 9.78. The van der Waals surface area contributed by atoms with Crippen LogP contribution >= 0.6 is 11.3 Å². The fourth-order valence-electron chi connectivity index (χ4n) is 2.86. The van der Waals surface area contributed by atoms with E-state index in [1.165, 1.54) is 5.56 Å². The molecule has 2 amide bonds. The maximum absolute atomic E-state index is 12.6. The molecule has 0 bridgehead atoms. The first-order valence-electron chi connectivity index (χ1n) is 8.79. The molecule has 0 radical (unpaired) electrons. The van der Waals surface area contributed by atoms with Crippen molar-refractivity contribution in [3.63, 3.8) is 0 Å². The topological polar surface area (TPSA) is 45.2 Å². The molecule has 3 rings (SSSR count). The summed E-state index contributed by atoms with van der Waals surface area (Å²) in [6.45, 7) is 6.86. The third kappa shape index (κ3) is 3.88. The number of nitrogens with one attached hydrogen (secondary N) is 1. The highest BCUT2D eigenvalue weighted by atomic mass is 32.1. The van der Waals surface area contributed by atoms with Gasteiger partial charge >= 0.3 is 6.03 Å². The van der Waals surface area contributed by atoms with E-state index in [0.29, 0.717) is 6.54 Å². The smallest absolute Gasteiger partial charge is 0.317 e. The number of para-hydroxylation sites is 1. The van der Waals surface area contributed by atoms with Crippen molar-refractivity contribution in [1.82, 2.24) is 15.2 Å². The average molecular weight is 368 g/mol. The van der Waals surface area contributed by atoms with Gasteiger partial charge in [-0.15, -0.1) is 11.3 Å². The van der Waals surface area contributed by atoms with Crippen molar-refractivity contribution < 1.29 is 4.79 Å². The molecule has 0 spiro atoms. The lowest BCUT2D eigenvalue weighted by molar-refractivity contribution is 0.197. The van der Waals surface area contributed by atoms with Crippen molar-refractivity contribution >= 4 is 27.6 Å². The third-order valence-corrected chi connectivity index (χ3v) is 6.02. The summed E-state index contributed by atoms with van der Waals surface area (Å²) in [6.07, 6.45) is 0. The van der Waals surface area contributed by atoms with E-state index in [1.54, 1.807) is 16.2 Å². The van der Waals surface area contributed by atoms with Crippen LogP contribution in [0.15, 0.2) is 54.6 Å². The monoisotopic (exact) mass is 367 g/mol. The summed E-state index contributed by atoms with van der Waals surface area (Å²) in [5, 5.41) is 4.08. The summed E-state index contributed by atoms with van der Waals surface area (Å²) < 4.78 is 1.15. The zero-order valence-corrected chi connectivity index (χ0v) is 16.5. The van der Waals surface area contributed by atoms with Gasteiger partial charge < -0.3 is 10.2 Å². The molecule has 2 aromatic carbocycles. The quantitative estimate of drug-likeness (QED) is 0.704. The Hall–Kier alpha value is -2.40. The number of fused-ring (bicyclic) bond motifs is 1. The molecule has 26 heavy (non-hydrogen) atoms. The molecule has 1 atom stereocenters. The maximum atomic E-state index is 12.6. The van der Waals surface area contributed by atoms with E-state index in [9.17, 15) is 4.79 Å². The highest BCUT2D eigenvalue weighted by Crippen LogP contribution is 2.27. The highest BCUT2D eigenvalue weighted by Gasteiger charge is 2.29. The molecule has 136 valence electrons. The van der Waals surface area contributed by atoms with Crippen LogP contribution in [-0.4, -0.2) is 29.0 Å². The van der Waals surface area contributed by atoms with Crippen LogP contribution < -0.4 is 5.32 Å². The summed E-state index contributed by atoms with van der Waals surface area (Å²) in [4.78, 5) is 18.9. The van der Waals surface area contributed by atoms with Crippen LogP contribution in [0.5, 0.6) is 0 Å². The minimum atomic E-state index is -0.159. The normalized spacial score (nSPS) is 12.8. The minimum Gasteiger partial charge on any atom is -0.335 e. The Morgan fingerprint density at radius 3 is 2.50 bits per heavy atom. The van der Waals surface area contributed by atoms with Gasteiger partial charge in [-0.1, -0.05) is 56.3 Å². The molecule has 0 saturated heterocycles. The number of rotatable bonds is 5. The molecule has 1 aromatic heterocycles. The van der Waals surface area contributed by atoms with Crippen molar-refractivity contribution in [1.29, 1.82) is 0 Å². The predicted molar refractivity (Wildman–Crippen MR) is 109 cm³/mol. The van der Waals surface area contributed by atoms with Crippen molar-refractivity contribution in [3.05, 3.63) is 65.2 Å². The van der Waals surface area contributed by atoms with Crippen LogP contribution in [0.4, 0.5) is 4.79 Å². The number of carbonyl (C=O) groups excluding carboxylic acids is 1. The molecule has 0 aliphatic carbocycles. The van der Waals surface area contributed by atoms with Crippen molar-refractivity contribution in [2.75, 3.05) is 7.05 Å². The zero-order valence-electron chi connectivity index (χ0n) is 15.7. The van der Waals surface area contributed by atoms with E-state index in [-0.39, 0.29) is 17.5 Å². The molecule has 0 fully saturated rings. The number of nitrogens with zero attached hydrogens (tertiary/aromatic N) is 2. The molecular formula is C21H25N3OS. The van der Waals surface area contributed by atoms with E-state index in [4.69, 9.17) is 0 Å². The molecule has 0 aliphatic rings. The van der Waals surface area contributed by atoms with Crippen molar-refractivity contribution in [2.45, 2.75) is 38.8 Å². The van der Waals surface area contributed by atoms with Crippen LogP contribution in [0.25, 0.3) is 10.2 Å². The van der Waals surface area contributed by atoms with E-state index >= 15 is 0 Å². The van der Waals surface area contributed by atoms with E-state index < -0.39 is 0 Å². The first kappa shape index (κ1) is 18.4. The van der Waals surface area contributed by atoms with Gasteiger partial charge in [0.1, 0.15) is 5.01 Å². The van der Waals surface area contributed by atoms with Crippen LogP contribution in [0.2, 0.25) is 0 Å². The fraction of sp³-hybridized carbons (Fsp3) is 0.333. The van der Waals surface area contributed by atoms with Crippen LogP contribution in [0, 0.1) is 0 Å². The Morgan fingerprint density at radius 1 is 1.15 bits per heavy atom. The molecular weight excluding hydrogens is 342 g/mol. The summed E-state index contributed by atoms with van der Waals surface area (Å²) in [6, 6.07) is 18.2. The number of carbonyl (C=O) groups is 1. The van der Waals surface area contributed by atoms with Gasteiger partial charge in [0, 0.05) is 18.5 Å². The lowest BCUT2D eigenvalue weighted by Gasteiger charge is -2.34. The van der Waals surface area contributed by atoms with Gasteiger partial charge in [0.2, 0.25) is 0 Å². The molecule has 0 aliphatic heterocycles. The van der Waals surface area contributed by atoms with Gasteiger partial charge in [-0.05, 0) is 24.6 Å². The number of urea groups is 1. The van der Waals surface area contributed by atoms with Gasteiger partial charge in [-0.25, -0.2) is 9.78 Å². The second-order valence-corrected chi connectivity index (χ2v) is 8.31. The first-order chi connectivity index (χ1) is 12.4. The van der Waals surface area contributed by atoms with Crippen molar-refractivity contribution in [3.8, 4) is 0 Å². The van der Waals surface area contributed by atoms with E-state index in [2.05, 4.69) is 49.3 Å². The van der Waals surface area contributed by atoms with E-state index in [0.717, 1.165) is 15.2 Å². The predicted octanol–water partition coefficient (Wildman–Crippen LogP) is 4.80. The highest BCUT2D eigenvalue weighted by molar-refractivity contribution is 7.18. The van der Waals surface area contributed by atoms with Crippen LogP contribution in [-0.2, 0) is 12.0 Å². The SMILES string of the molecule is CC(NC(=O)N(C)Cc1nc2ccccc2s1)C(C)(C)c1ccccc1. The summed E-state index contributed by atoms with van der Waals surface area (Å²) in [5.41, 5.74) is 2.04. The number of benzene rings is 2. The Morgan fingerprint density at radius 2 is 1.81 bits per heavy atom. The van der Waals surface area contributed by atoms with Gasteiger partial charge in [0.15, 0.2) is 0 Å². The summed E-state index contributed by atoms with van der Waals surface area (Å²) in [7, 11) is 1.81. The molecule has 5 heteroatoms. The Labute approximate surface area is 158 Å². The largest absolute Gasteiger partial charge is 0.335 e. The molecule has 0 saturated carbocycles. The van der Waals surface area contributed by atoms with Gasteiger partial charge in [0.05, 0.1) is 16.8 Å². The number of hydrogen-bond donors (Lipinski definition) is 1. The molecule has 4 nitrogen and oxygen atoms in total. The number of amides is 2. The average Bonchev–Trinajstić information content (AvgIpc) is 3.04. The maximum Gasteiger partial charge on any atom is 0.317 e. The number of hydrogen-bond acceptors (Lipinski definition) is 3. The zero-order chi connectivity index (χ0) is 18.7. The summed E-state index contributed by atoms with van der Waals surface area (Å²) >= 11 is 1.63. The standard InChI is InChI=1S/C21H25N3OS/c1-15(21(2,3)16-10-6-5-7-11-16)22-20(25)24(4)14-19-23-17-12-8-9-13-18(17)26-19/h5-13,15H,14H2,1-4H3,(H,22,25). The number of aromatic nitrogens is 1. The third-order valence-electron chi connectivity index (χ3n) is 5.00. The molecule has 1 N–H and O–H groups in total. The van der Waals surface area contributed by atoms with E-state index in [1.807, 2.05) is 43.4 Å². The van der Waals surface area contributed by atoms with Crippen molar-refractivity contribution in [2.24, 2.45) is 0 Å². The van der Waals surface area contributed by atoms with Crippen LogP contribution in [0.3, 0.4) is 0 Å². The second-order valence-electron chi connectivity index (χ2n) is 7.19. The first-order valence-corrected chi connectivity index (χ1v) is 9.61. The minimum absolute atomic E-state index is 0.00443.